The zero-order valence-corrected chi connectivity index (χ0v) is 9.15. The fraction of sp³-hybridized carbons (Fsp3) is 0.200. The fourth-order valence-corrected chi connectivity index (χ4v) is 2.62. The Labute approximate surface area is 90.7 Å². The molecule has 2 rings (SSSR count). The Morgan fingerprint density at radius 1 is 1.57 bits per heavy atom. The first kappa shape index (κ1) is 9.77. The molecule has 1 heterocycles. The second kappa shape index (κ2) is 3.77. The number of thiophene rings is 1. The molecule has 0 aliphatic carbocycles. The van der Waals surface area contributed by atoms with Crippen LogP contribution in [0.4, 0.5) is 0 Å². The predicted molar refractivity (Wildman–Crippen MR) is 59.3 cm³/mol. The highest BCUT2D eigenvalue weighted by molar-refractivity contribution is 7.17. The zero-order chi connectivity index (χ0) is 10.1. The van der Waals surface area contributed by atoms with E-state index in [1.807, 2.05) is 11.4 Å². The van der Waals surface area contributed by atoms with E-state index in [0.717, 1.165) is 21.4 Å². The molecule has 0 fully saturated rings. The molecular weight excluding hydrogens is 220 g/mol. The number of fused-ring (bicyclic) bond motifs is 1. The summed E-state index contributed by atoms with van der Waals surface area (Å²) in [6.45, 7) is -0.0456. The van der Waals surface area contributed by atoms with E-state index < -0.39 is 0 Å². The molecule has 0 atom stereocenters. The molecule has 0 radical (unpaired) electrons. The molecule has 0 saturated heterocycles. The number of ether oxygens (including phenoxy) is 1. The monoisotopic (exact) mass is 228 g/mol. The number of aliphatic hydroxyl groups is 1. The van der Waals surface area contributed by atoms with Crippen molar-refractivity contribution < 1.29 is 9.84 Å². The van der Waals surface area contributed by atoms with Crippen LogP contribution in [0.15, 0.2) is 17.5 Å². The summed E-state index contributed by atoms with van der Waals surface area (Å²) in [6.07, 6.45) is 0. The van der Waals surface area contributed by atoms with Gasteiger partial charge >= 0.3 is 0 Å². The lowest BCUT2D eigenvalue weighted by molar-refractivity contribution is 0.283. The molecule has 1 N–H and O–H groups in total. The van der Waals surface area contributed by atoms with Gasteiger partial charge in [0.2, 0.25) is 0 Å². The molecule has 2 aromatic rings. The van der Waals surface area contributed by atoms with Gasteiger partial charge in [0.15, 0.2) is 0 Å². The Hall–Kier alpha value is -0.770. The fourth-order valence-electron chi connectivity index (χ4n) is 1.45. The summed E-state index contributed by atoms with van der Waals surface area (Å²) in [5.74, 6) is 0.761. The maximum absolute atomic E-state index is 9.18. The van der Waals surface area contributed by atoms with Crippen LogP contribution in [0.5, 0.6) is 5.75 Å². The summed E-state index contributed by atoms with van der Waals surface area (Å²) in [5, 5.41) is 12.7. The SMILES string of the molecule is COc1cc(Cl)c(CO)c2ccsc12. The van der Waals surface area contributed by atoms with Crippen molar-refractivity contribution in [1.82, 2.24) is 0 Å². The molecule has 74 valence electrons. The van der Waals surface area contributed by atoms with E-state index in [0.29, 0.717) is 5.02 Å². The third-order valence-corrected chi connectivity index (χ3v) is 3.40. The predicted octanol–water partition coefficient (Wildman–Crippen LogP) is 3.06. The molecule has 4 heteroatoms. The van der Waals surface area contributed by atoms with Crippen molar-refractivity contribution >= 4 is 33.0 Å². The number of halogens is 1. The summed E-state index contributed by atoms with van der Waals surface area (Å²) in [5.41, 5.74) is 0.767. The van der Waals surface area contributed by atoms with E-state index in [9.17, 15) is 5.11 Å². The lowest BCUT2D eigenvalue weighted by atomic mass is 10.1. The van der Waals surface area contributed by atoms with Gasteiger partial charge in [0, 0.05) is 17.0 Å². The van der Waals surface area contributed by atoms with Crippen LogP contribution in [0.1, 0.15) is 5.56 Å². The Morgan fingerprint density at radius 2 is 2.36 bits per heavy atom. The van der Waals surface area contributed by atoms with E-state index in [1.54, 1.807) is 24.5 Å². The van der Waals surface area contributed by atoms with Crippen LogP contribution in [0.3, 0.4) is 0 Å². The third-order valence-electron chi connectivity index (χ3n) is 2.14. The number of benzene rings is 1. The average Bonchev–Trinajstić information content (AvgIpc) is 2.65. The third kappa shape index (κ3) is 1.38. The Kier molecular flexibility index (Phi) is 2.63. The second-order valence-electron chi connectivity index (χ2n) is 2.86. The minimum absolute atomic E-state index is 0.0456. The summed E-state index contributed by atoms with van der Waals surface area (Å²) >= 11 is 7.59. The molecule has 1 aromatic carbocycles. The van der Waals surface area contributed by atoms with Crippen molar-refractivity contribution in [2.24, 2.45) is 0 Å². The van der Waals surface area contributed by atoms with Gasteiger partial charge in [-0.05, 0) is 11.4 Å². The standard InChI is InChI=1S/C10H9ClO2S/c1-13-9-4-8(11)7(5-12)6-2-3-14-10(6)9/h2-4,12H,5H2,1H3. The van der Waals surface area contributed by atoms with E-state index >= 15 is 0 Å². The van der Waals surface area contributed by atoms with Gasteiger partial charge in [-0.1, -0.05) is 11.6 Å². The van der Waals surface area contributed by atoms with Crippen LogP contribution >= 0.6 is 22.9 Å². The van der Waals surface area contributed by atoms with E-state index in [2.05, 4.69) is 0 Å². The van der Waals surface area contributed by atoms with Crippen LogP contribution < -0.4 is 4.74 Å². The Morgan fingerprint density at radius 3 is 3.00 bits per heavy atom. The number of methoxy groups -OCH3 is 1. The maximum atomic E-state index is 9.18. The molecular formula is C10H9ClO2S. The van der Waals surface area contributed by atoms with Crippen LogP contribution in [0, 0.1) is 0 Å². The van der Waals surface area contributed by atoms with Crippen molar-refractivity contribution in [2.75, 3.05) is 7.11 Å². The van der Waals surface area contributed by atoms with Crippen molar-refractivity contribution in [3.05, 3.63) is 28.1 Å². The summed E-state index contributed by atoms with van der Waals surface area (Å²) in [7, 11) is 1.61. The van der Waals surface area contributed by atoms with Gasteiger partial charge in [-0.25, -0.2) is 0 Å². The van der Waals surface area contributed by atoms with Gasteiger partial charge in [0.1, 0.15) is 5.75 Å². The van der Waals surface area contributed by atoms with Gasteiger partial charge in [0.25, 0.3) is 0 Å². The number of rotatable bonds is 2. The maximum Gasteiger partial charge on any atom is 0.138 e. The van der Waals surface area contributed by atoms with E-state index in [4.69, 9.17) is 16.3 Å². The first-order valence-electron chi connectivity index (χ1n) is 4.11. The quantitative estimate of drug-likeness (QED) is 0.856. The molecule has 0 spiro atoms. The second-order valence-corrected chi connectivity index (χ2v) is 4.18. The molecule has 0 amide bonds. The van der Waals surface area contributed by atoms with Crippen LogP contribution in [0.2, 0.25) is 5.02 Å². The van der Waals surface area contributed by atoms with Crippen molar-refractivity contribution in [3.63, 3.8) is 0 Å². The van der Waals surface area contributed by atoms with Crippen LogP contribution in [-0.4, -0.2) is 12.2 Å². The van der Waals surface area contributed by atoms with Crippen LogP contribution in [-0.2, 0) is 6.61 Å². The van der Waals surface area contributed by atoms with Gasteiger partial charge in [-0.2, -0.15) is 0 Å². The summed E-state index contributed by atoms with van der Waals surface area (Å²) < 4.78 is 6.24. The van der Waals surface area contributed by atoms with Crippen LogP contribution in [0.25, 0.3) is 10.1 Å². The highest BCUT2D eigenvalue weighted by Gasteiger charge is 2.11. The first-order chi connectivity index (χ1) is 6.77. The number of hydrogen-bond acceptors (Lipinski definition) is 3. The van der Waals surface area contributed by atoms with Gasteiger partial charge in [-0.15, -0.1) is 11.3 Å². The molecule has 1 aromatic heterocycles. The smallest absolute Gasteiger partial charge is 0.138 e. The van der Waals surface area contributed by atoms with Crippen molar-refractivity contribution in [3.8, 4) is 5.75 Å². The zero-order valence-electron chi connectivity index (χ0n) is 7.58. The van der Waals surface area contributed by atoms with Crippen molar-refractivity contribution in [2.45, 2.75) is 6.61 Å². The summed E-state index contributed by atoms with van der Waals surface area (Å²) in [4.78, 5) is 0. The summed E-state index contributed by atoms with van der Waals surface area (Å²) in [6, 6.07) is 3.69. The Balaban J connectivity index is 2.81. The largest absolute Gasteiger partial charge is 0.495 e. The molecule has 0 aliphatic heterocycles. The first-order valence-corrected chi connectivity index (χ1v) is 5.37. The Bertz CT molecular complexity index is 464. The lowest BCUT2D eigenvalue weighted by Gasteiger charge is -2.07. The molecule has 0 unspecified atom stereocenters. The van der Waals surface area contributed by atoms with Gasteiger partial charge in [-0.3, -0.25) is 0 Å². The number of aliphatic hydroxyl groups excluding tert-OH is 1. The van der Waals surface area contributed by atoms with Gasteiger partial charge < -0.3 is 9.84 Å². The average molecular weight is 229 g/mol. The van der Waals surface area contributed by atoms with E-state index in [1.165, 1.54) is 0 Å². The van der Waals surface area contributed by atoms with E-state index in [-0.39, 0.29) is 6.61 Å². The minimum atomic E-state index is -0.0456. The molecule has 0 bridgehead atoms. The number of hydrogen-bond donors (Lipinski definition) is 1. The molecule has 0 saturated carbocycles. The normalized spacial score (nSPS) is 10.8. The molecule has 0 aliphatic rings. The lowest BCUT2D eigenvalue weighted by Crippen LogP contribution is -1.89. The highest BCUT2D eigenvalue weighted by Crippen LogP contribution is 2.37. The molecule has 2 nitrogen and oxygen atoms in total. The van der Waals surface area contributed by atoms with Gasteiger partial charge in [0.05, 0.1) is 23.4 Å². The highest BCUT2D eigenvalue weighted by atomic mass is 35.5. The minimum Gasteiger partial charge on any atom is -0.495 e. The topological polar surface area (TPSA) is 29.5 Å². The molecule has 14 heavy (non-hydrogen) atoms. The van der Waals surface area contributed by atoms with Crippen molar-refractivity contribution in [1.29, 1.82) is 0 Å².